The van der Waals surface area contributed by atoms with Gasteiger partial charge >= 0.3 is 0 Å². The molecule has 0 heterocycles. The number of hydrogen-bond acceptors (Lipinski definition) is 3. The average molecular weight is 268 g/mol. The summed E-state index contributed by atoms with van der Waals surface area (Å²) in [6.45, 7) is 3.91. The highest BCUT2D eigenvalue weighted by Gasteiger charge is 2.10. The van der Waals surface area contributed by atoms with Gasteiger partial charge in [0.05, 0.1) is 11.4 Å². The third-order valence-corrected chi connectivity index (χ3v) is 3.92. The van der Waals surface area contributed by atoms with Gasteiger partial charge in [-0.3, -0.25) is 9.00 Å². The van der Waals surface area contributed by atoms with E-state index in [2.05, 4.69) is 5.32 Å². The molecule has 18 heavy (non-hydrogen) atoms. The Hall–Kier alpha value is -1.36. The van der Waals surface area contributed by atoms with Crippen LogP contribution in [-0.2, 0) is 15.6 Å². The van der Waals surface area contributed by atoms with Crippen LogP contribution in [-0.4, -0.2) is 21.6 Å². The van der Waals surface area contributed by atoms with E-state index in [-0.39, 0.29) is 11.7 Å². The fourth-order valence-corrected chi connectivity index (χ4v) is 2.68. The molecular formula is C13H20N2O2S. The second-order valence-electron chi connectivity index (χ2n) is 4.23. The monoisotopic (exact) mass is 268 g/mol. The van der Waals surface area contributed by atoms with E-state index in [0.717, 1.165) is 18.4 Å². The molecule has 0 bridgehead atoms. The first-order valence-electron chi connectivity index (χ1n) is 6.04. The average Bonchev–Trinajstić information content (AvgIpc) is 2.31. The van der Waals surface area contributed by atoms with E-state index in [4.69, 9.17) is 5.73 Å². The number of benzene rings is 1. The fourth-order valence-electron chi connectivity index (χ4n) is 1.56. The number of rotatable bonds is 6. The zero-order chi connectivity index (χ0) is 13.5. The Balaban J connectivity index is 2.57. The topological polar surface area (TPSA) is 72.2 Å². The summed E-state index contributed by atoms with van der Waals surface area (Å²) >= 11 is 0. The van der Waals surface area contributed by atoms with Crippen molar-refractivity contribution in [3.63, 3.8) is 0 Å². The van der Waals surface area contributed by atoms with Gasteiger partial charge in [0.1, 0.15) is 5.75 Å². The van der Waals surface area contributed by atoms with Gasteiger partial charge < -0.3 is 11.1 Å². The van der Waals surface area contributed by atoms with Gasteiger partial charge in [-0.1, -0.05) is 25.5 Å². The minimum Gasteiger partial charge on any atom is -0.397 e. The molecule has 5 heteroatoms. The van der Waals surface area contributed by atoms with Crippen molar-refractivity contribution in [1.29, 1.82) is 0 Å². The highest BCUT2D eigenvalue weighted by atomic mass is 32.2. The molecule has 0 aromatic heterocycles. The molecule has 3 N–H and O–H groups in total. The molecule has 0 aliphatic heterocycles. The summed E-state index contributed by atoms with van der Waals surface area (Å²) in [4.78, 5) is 11.7. The minimum absolute atomic E-state index is 0.0355. The molecule has 1 rings (SSSR count). The van der Waals surface area contributed by atoms with Crippen molar-refractivity contribution in [2.24, 2.45) is 0 Å². The molecule has 0 saturated carbocycles. The van der Waals surface area contributed by atoms with E-state index in [0.29, 0.717) is 17.1 Å². The molecule has 0 saturated heterocycles. The van der Waals surface area contributed by atoms with Crippen LogP contribution in [0, 0.1) is 6.92 Å². The number of nitrogens with two attached hydrogens (primary N) is 1. The number of anilines is 2. The number of nitrogens with one attached hydrogen (secondary N) is 1. The van der Waals surface area contributed by atoms with Crippen LogP contribution in [0.1, 0.15) is 25.3 Å². The second kappa shape index (κ2) is 7.16. The van der Waals surface area contributed by atoms with Crippen molar-refractivity contribution in [3.05, 3.63) is 23.8 Å². The van der Waals surface area contributed by atoms with Crippen LogP contribution >= 0.6 is 0 Å². The number of carbonyl (C=O) groups excluding carboxylic acids is 1. The van der Waals surface area contributed by atoms with E-state index < -0.39 is 10.8 Å². The van der Waals surface area contributed by atoms with Crippen molar-refractivity contribution in [3.8, 4) is 0 Å². The SMILES string of the molecule is CCCCS(=O)CC(=O)Nc1c(C)cccc1N. The first-order chi connectivity index (χ1) is 8.54. The van der Waals surface area contributed by atoms with Gasteiger partial charge in [-0.05, 0) is 25.0 Å². The lowest BCUT2D eigenvalue weighted by Gasteiger charge is -2.10. The molecular weight excluding hydrogens is 248 g/mol. The van der Waals surface area contributed by atoms with E-state index in [1.807, 2.05) is 26.0 Å². The normalized spacial score (nSPS) is 12.1. The Morgan fingerprint density at radius 2 is 2.17 bits per heavy atom. The maximum Gasteiger partial charge on any atom is 0.237 e. The van der Waals surface area contributed by atoms with Crippen LogP contribution in [0.2, 0.25) is 0 Å². The molecule has 0 spiro atoms. The van der Waals surface area contributed by atoms with Gasteiger partial charge in [-0.25, -0.2) is 0 Å². The highest BCUT2D eigenvalue weighted by molar-refractivity contribution is 7.85. The third-order valence-electron chi connectivity index (χ3n) is 2.59. The van der Waals surface area contributed by atoms with Gasteiger partial charge in [0.15, 0.2) is 0 Å². The summed E-state index contributed by atoms with van der Waals surface area (Å²) in [5.74, 6) is 0.367. The molecule has 0 radical (unpaired) electrons. The van der Waals surface area contributed by atoms with Crippen LogP contribution in [0.4, 0.5) is 11.4 Å². The Morgan fingerprint density at radius 1 is 1.44 bits per heavy atom. The summed E-state index contributed by atoms with van der Waals surface area (Å²) < 4.78 is 11.6. The van der Waals surface area contributed by atoms with Crippen LogP contribution in [0.3, 0.4) is 0 Å². The highest BCUT2D eigenvalue weighted by Crippen LogP contribution is 2.22. The van der Waals surface area contributed by atoms with Crippen LogP contribution in [0.5, 0.6) is 0 Å². The van der Waals surface area contributed by atoms with Gasteiger partial charge in [0.25, 0.3) is 0 Å². The number of nitrogen functional groups attached to an aromatic ring is 1. The molecule has 1 aromatic carbocycles. The Morgan fingerprint density at radius 3 is 2.78 bits per heavy atom. The number of aryl methyl sites for hydroxylation is 1. The Labute approximate surface area is 110 Å². The van der Waals surface area contributed by atoms with Gasteiger partial charge in [-0.2, -0.15) is 0 Å². The van der Waals surface area contributed by atoms with Crippen molar-refractivity contribution < 1.29 is 9.00 Å². The molecule has 1 unspecified atom stereocenters. The maximum atomic E-state index is 11.7. The molecule has 100 valence electrons. The van der Waals surface area contributed by atoms with Gasteiger partial charge in [0.2, 0.25) is 5.91 Å². The lowest BCUT2D eigenvalue weighted by atomic mass is 10.1. The van der Waals surface area contributed by atoms with E-state index in [1.165, 1.54) is 0 Å². The van der Waals surface area contributed by atoms with Crippen LogP contribution < -0.4 is 11.1 Å². The first-order valence-corrected chi connectivity index (χ1v) is 7.53. The molecule has 0 aliphatic carbocycles. The number of para-hydroxylation sites is 1. The van der Waals surface area contributed by atoms with Crippen molar-refractivity contribution in [1.82, 2.24) is 0 Å². The summed E-state index contributed by atoms with van der Waals surface area (Å²) in [6.07, 6.45) is 1.87. The summed E-state index contributed by atoms with van der Waals surface area (Å²) in [5.41, 5.74) is 7.85. The van der Waals surface area contributed by atoms with Crippen LogP contribution in [0.25, 0.3) is 0 Å². The van der Waals surface area contributed by atoms with E-state index >= 15 is 0 Å². The predicted molar refractivity (Wildman–Crippen MR) is 77.0 cm³/mol. The van der Waals surface area contributed by atoms with Crippen molar-refractivity contribution >= 4 is 28.1 Å². The largest absolute Gasteiger partial charge is 0.397 e. The van der Waals surface area contributed by atoms with Gasteiger partial charge in [0, 0.05) is 16.6 Å². The zero-order valence-corrected chi connectivity index (χ0v) is 11.7. The van der Waals surface area contributed by atoms with E-state index in [9.17, 15) is 9.00 Å². The number of hydrogen-bond donors (Lipinski definition) is 2. The Kier molecular flexibility index (Phi) is 5.85. The fraction of sp³-hybridized carbons (Fsp3) is 0.462. The predicted octanol–water partition coefficient (Wildman–Crippen LogP) is 2.06. The van der Waals surface area contributed by atoms with E-state index in [1.54, 1.807) is 6.07 Å². The first kappa shape index (κ1) is 14.7. The molecule has 1 amide bonds. The quantitative estimate of drug-likeness (QED) is 0.776. The van der Waals surface area contributed by atoms with Crippen molar-refractivity contribution in [2.45, 2.75) is 26.7 Å². The summed E-state index contributed by atoms with van der Waals surface area (Å²) in [7, 11) is -1.09. The molecule has 1 atom stereocenters. The summed E-state index contributed by atoms with van der Waals surface area (Å²) in [6, 6.07) is 5.44. The molecule has 0 fully saturated rings. The minimum atomic E-state index is -1.09. The molecule has 4 nitrogen and oxygen atoms in total. The number of unbranched alkanes of at least 4 members (excludes halogenated alkanes) is 1. The number of amides is 1. The number of carbonyl (C=O) groups is 1. The lowest BCUT2D eigenvalue weighted by Crippen LogP contribution is -2.21. The lowest BCUT2D eigenvalue weighted by molar-refractivity contribution is -0.113. The van der Waals surface area contributed by atoms with Gasteiger partial charge in [-0.15, -0.1) is 0 Å². The molecule has 0 aliphatic rings. The van der Waals surface area contributed by atoms with Crippen molar-refractivity contribution in [2.75, 3.05) is 22.6 Å². The second-order valence-corrected chi connectivity index (χ2v) is 5.81. The zero-order valence-electron chi connectivity index (χ0n) is 10.9. The van der Waals surface area contributed by atoms with Crippen LogP contribution in [0.15, 0.2) is 18.2 Å². The standard InChI is InChI=1S/C13H20N2O2S/c1-3-4-8-18(17)9-12(16)15-13-10(2)6-5-7-11(13)14/h5-7H,3-4,8-9,14H2,1-2H3,(H,15,16). The Bertz CT molecular complexity index is 426. The maximum absolute atomic E-state index is 11.7. The third kappa shape index (κ3) is 4.49. The summed E-state index contributed by atoms with van der Waals surface area (Å²) in [5, 5.41) is 2.73. The molecule has 1 aromatic rings. The smallest absolute Gasteiger partial charge is 0.237 e.